The van der Waals surface area contributed by atoms with E-state index in [9.17, 15) is 9.59 Å². The zero-order chi connectivity index (χ0) is 37.0. The number of anilines is 4. The fourth-order valence-corrected chi connectivity index (χ4v) is 6.77. The second kappa shape index (κ2) is 14.7. The minimum absolute atomic E-state index is 0.216. The summed E-state index contributed by atoms with van der Waals surface area (Å²) in [6, 6.07) is 54.6. The lowest BCUT2D eigenvalue weighted by atomic mass is 9.98. The predicted octanol–water partition coefficient (Wildman–Crippen LogP) is 9.85. The molecule has 0 radical (unpaired) electrons. The summed E-state index contributed by atoms with van der Waals surface area (Å²) in [6.07, 6.45) is 0. The van der Waals surface area contributed by atoms with Crippen molar-refractivity contribution in [3.05, 3.63) is 192 Å². The van der Waals surface area contributed by atoms with Gasteiger partial charge in [-0.15, -0.1) is 0 Å². The average Bonchev–Trinajstić information content (AvgIpc) is 3.69. The average molecular weight is 705 g/mol. The Labute approximate surface area is 314 Å². The third-order valence-corrected chi connectivity index (χ3v) is 9.33. The van der Waals surface area contributed by atoms with E-state index in [1.165, 1.54) is 10.0 Å². The first-order valence-electron chi connectivity index (χ1n) is 17.7. The van der Waals surface area contributed by atoms with Crippen LogP contribution in [0.3, 0.4) is 0 Å². The van der Waals surface area contributed by atoms with Crippen LogP contribution in [0.2, 0.25) is 0 Å². The van der Waals surface area contributed by atoms with Gasteiger partial charge in [-0.05, 0) is 61.4 Å². The highest BCUT2D eigenvalue weighted by atomic mass is 16.2. The van der Waals surface area contributed by atoms with Crippen LogP contribution in [0.4, 0.5) is 22.7 Å². The van der Waals surface area contributed by atoms with E-state index in [0.29, 0.717) is 45.3 Å². The van der Waals surface area contributed by atoms with Crippen molar-refractivity contribution in [3.63, 3.8) is 0 Å². The van der Waals surface area contributed by atoms with Crippen molar-refractivity contribution >= 4 is 57.4 Å². The molecule has 0 aliphatic carbocycles. The molecule has 6 aromatic carbocycles. The van der Waals surface area contributed by atoms with Crippen LogP contribution >= 0.6 is 0 Å². The van der Waals surface area contributed by atoms with E-state index in [4.69, 9.17) is 0 Å². The molecule has 0 atom stereocenters. The highest BCUT2D eigenvalue weighted by molar-refractivity contribution is 6.35. The van der Waals surface area contributed by atoms with Gasteiger partial charge in [-0.2, -0.15) is 20.2 Å². The van der Waals surface area contributed by atoms with Gasteiger partial charge >= 0.3 is 0 Å². The van der Waals surface area contributed by atoms with E-state index in [1.54, 1.807) is 0 Å². The highest BCUT2D eigenvalue weighted by Gasteiger charge is 2.34. The first kappa shape index (κ1) is 33.8. The molecule has 54 heavy (non-hydrogen) atoms. The standard InChI is InChI=1S/C46H36N6O2/c1-31-41(45(53)51(49-31)35-23-11-5-12-24-35)43(33-19-7-3-8-20-33)47-39-29-17-15-27-37(39)38-28-16-18-30-40(38)48-44(34-21-9-4-10-22-34)42-32(2)50-52(46(42)54)36-25-13-6-14-26-36/h3-30,47-48H,1-2H3/b43-41-,44-42+. The quantitative estimate of drug-likeness (QED) is 0.147. The Bertz CT molecular complexity index is 2310. The molecule has 2 heterocycles. The number of carbonyl (C=O) groups excluding carboxylic acids is 2. The van der Waals surface area contributed by atoms with E-state index in [1.807, 2.05) is 184 Å². The van der Waals surface area contributed by atoms with Gasteiger partial charge in [-0.25, -0.2) is 0 Å². The fraction of sp³-hybridized carbons (Fsp3) is 0.0435. The third-order valence-electron chi connectivity index (χ3n) is 9.33. The van der Waals surface area contributed by atoms with Crippen molar-refractivity contribution in [2.75, 3.05) is 20.7 Å². The summed E-state index contributed by atoms with van der Waals surface area (Å²) in [4.78, 5) is 28.3. The lowest BCUT2D eigenvalue weighted by molar-refractivity contribution is -0.115. The summed E-state index contributed by atoms with van der Waals surface area (Å²) in [7, 11) is 0. The topological polar surface area (TPSA) is 89.4 Å². The molecule has 8 rings (SSSR count). The molecule has 6 aromatic rings. The molecule has 8 nitrogen and oxygen atoms in total. The van der Waals surface area contributed by atoms with Crippen molar-refractivity contribution in [1.29, 1.82) is 0 Å². The van der Waals surface area contributed by atoms with E-state index in [0.717, 1.165) is 33.6 Å². The Morgan fingerprint density at radius 2 is 0.741 bits per heavy atom. The Morgan fingerprint density at radius 1 is 0.426 bits per heavy atom. The van der Waals surface area contributed by atoms with Crippen molar-refractivity contribution in [2.45, 2.75) is 13.8 Å². The summed E-state index contributed by atoms with van der Waals surface area (Å²) in [5.74, 6) is -0.432. The molecular formula is C46H36N6O2. The molecule has 2 N–H and O–H groups in total. The van der Waals surface area contributed by atoms with Crippen LogP contribution in [0.25, 0.3) is 22.5 Å². The van der Waals surface area contributed by atoms with Gasteiger partial charge in [0.25, 0.3) is 11.8 Å². The minimum atomic E-state index is -0.216. The summed E-state index contributed by atoms with van der Waals surface area (Å²) in [5.41, 5.74) is 9.92. The maximum atomic E-state index is 14.1. The number of nitrogens with one attached hydrogen (secondary N) is 2. The van der Waals surface area contributed by atoms with Gasteiger partial charge in [0.15, 0.2) is 0 Å². The smallest absolute Gasteiger partial charge is 0.282 e. The van der Waals surface area contributed by atoms with Crippen molar-refractivity contribution in [3.8, 4) is 11.1 Å². The van der Waals surface area contributed by atoms with E-state index >= 15 is 0 Å². The number of amides is 2. The fourth-order valence-electron chi connectivity index (χ4n) is 6.77. The number of benzene rings is 6. The predicted molar refractivity (Wildman–Crippen MR) is 220 cm³/mol. The molecular weight excluding hydrogens is 669 g/mol. The lowest BCUT2D eigenvalue weighted by Gasteiger charge is -2.21. The van der Waals surface area contributed by atoms with Crippen molar-refractivity contribution < 1.29 is 9.59 Å². The highest BCUT2D eigenvalue weighted by Crippen LogP contribution is 2.39. The number of hydrogen-bond donors (Lipinski definition) is 2. The Hall–Kier alpha value is -7.32. The van der Waals surface area contributed by atoms with Crippen LogP contribution in [0, 0.1) is 0 Å². The Morgan fingerprint density at radius 3 is 1.11 bits per heavy atom. The molecule has 2 aliphatic heterocycles. The number of nitrogens with zero attached hydrogens (tertiary/aromatic N) is 4. The van der Waals surface area contributed by atoms with Gasteiger partial charge in [-0.1, -0.05) is 133 Å². The lowest BCUT2D eigenvalue weighted by Crippen LogP contribution is -2.23. The number of para-hydroxylation sites is 4. The maximum absolute atomic E-state index is 14.1. The second-order valence-electron chi connectivity index (χ2n) is 12.8. The first-order chi connectivity index (χ1) is 26.5. The minimum Gasteiger partial charge on any atom is -0.354 e. The molecule has 0 unspecified atom stereocenters. The van der Waals surface area contributed by atoms with E-state index in [2.05, 4.69) is 20.8 Å². The second-order valence-corrected chi connectivity index (χ2v) is 12.8. The third kappa shape index (κ3) is 6.48. The number of carbonyl (C=O) groups is 2. The van der Waals surface area contributed by atoms with Crippen molar-refractivity contribution in [1.82, 2.24) is 0 Å². The zero-order valence-corrected chi connectivity index (χ0v) is 29.8. The number of rotatable bonds is 9. The number of hydrazone groups is 2. The maximum Gasteiger partial charge on any atom is 0.282 e. The van der Waals surface area contributed by atoms with Crippen LogP contribution in [0.1, 0.15) is 25.0 Å². The van der Waals surface area contributed by atoms with Crippen LogP contribution < -0.4 is 20.7 Å². The summed E-state index contributed by atoms with van der Waals surface area (Å²) in [6.45, 7) is 3.72. The molecule has 8 heteroatoms. The zero-order valence-electron chi connectivity index (χ0n) is 29.8. The molecule has 2 aliphatic rings. The normalized spacial score (nSPS) is 15.9. The van der Waals surface area contributed by atoms with Crippen LogP contribution in [0.15, 0.2) is 191 Å². The van der Waals surface area contributed by atoms with Crippen molar-refractivity contribution in [2.24, 2.45) is 10.2 Å². The molecule has 2 amide bonds. The first-order valence-corrected chi connectivity index (χ1v) is 17.7. The SMILES string of the molecule is CC1=NN(c2ccccc2)C(=O)/C1=C(\Nc1ccccc1-c1ccccc1N/C(=C1/C(=O)N(c2ccccc2)N=C1C)c1ccccc1)c1ccccc1. The molecule has 0 saturated carbocycles. The summed E-state index contributed by atoms with van der Waals surface area (Å²) < 4.78 is 0. The molecule has 0 bridgehead atoms. The summed E-state index contributed by atoms with van der Waals surface area (Å²) >= 11 is 0. The van der Waals surface area contributed by atoms with Crippen LogP contribution in [-0.2, 0) is 9.59 Å². The van der Waals surface area contributed by atoms with Crippen LogP contribution in [0.5, 0.6) is 0 Å². The van der Waals surface area contributed by atoms with Crippen LogP contribution in [-0.4, -0.2) is 23.2 Å². The molecule has 0 spiro atoms. The number of hydrogen-bond acceptors (Lipinski definition) is 6. The van der Waals surface area contributed by atoms with E-state index < -0.39 is 0 Å². The summed E-state index contributed by atoms with van der Waals surface area (Å²) in [5, 5.41) is 19.6. The molecule has 0 aromatic heterocycles. The largest absolute Gasteiger partial charge is 0.354 e. The Kier molecular flexibility index (Phi) is 9.22. The van der Waals surface area contributed by atoms with Gasteiger partial charge in [0.2, 0.25) is 0 Å². The van der Waals surface area contributed by atoms with E-state index in [-0.39, 0.29) is 11.8 Å². The molecule has 0 saturated heterocycles. The Balaban J connectivity index is 1.22. The van der Waals surface area contributed by atoms with Gasteiger partial charge in [0.1, 0.15) is 0 Å². The van der Waals surface area contributed by atoms with Gasteiger partial charge in [0.05, 0.1) is 45.3 Å². The molecule has 0 fully saturated rings. The van der Waals surface area contributed by atoms with Gasteiger partial charge < -0.3 is 10.6 Å². The molecule has 262 valence electrons. The monoisotopic (exact) mass is 704 g/mol. The van der Waals surface area contributed by atoms with Gasteiger partial charge in [-0.3, -0.25) is 9.59 Å². The van der Waals surface area contributed by atoms with Gasteiger partial charge in [0, 0.05) is 22.5 Å².